The van der Waals surface area contributed by atoms with Gasteiger partial charge in [0.05, 0.1) is 6.61 Å². The summed E-state index contributed by atoms with van der Waals surface area (Å²) < 4.78 is 4.92. The lowest BCUT2D eigenvalue weighted by Crippen LogP contribution is -2.31. The fraction of sp³-hybridized carbons (Fsp3) is 0.583. The Labute approximate surface area is 127 Å². The number of nitrogen functional groups attached to an aromatic ring is 1. The Morgan fingerprint density at radius 3 is 2.81 bits per heavy atom. The van der Waals surface area contributed by atoms with Gasteiger partial charge in [0.1, 0.15) is 10.7 Å². The molecule has 1 rings (SSSR count). The molecule has 0 aromatic carbocycles. The van der Waals surface area contributed by atoms with E-state index in [0.717, 1.165) is 0 Å². The van der Waals surface area contributed by atoms with Crippen LogP contribution in [-0.2, 0) is 9.53 Å². The van der Waals surface area contributed by atoms with E-state index in [1.54, 1.807) is 21.2 Å². The number of aromatic nitrogens is 1. The van der Waals surface area contributed by atoms with E-state index in [2.05, 4.69) is 15.6 Å². The Morgan fingerprint density at radius 2 is 2.19 bits per heavy atom. The zero-order chi connectivity index (χ0) is 15.8. The van der Waals surface area contributed by atoms with Crippen LogP contribution in [0.4, 0.5) is 10.9 Å². The third-order valence-corrected chi connectivity index (χ3v) is 3.75. The average Bonchev–Trinajstić information content (AvgIpc) is 2.84. The molecule has 0 atom stereocenters. The van der Waals surface area contributed by atoms with Crippen molar-refractivity contribution in [1.82, 2.24) is 15.2 Å². The number of thiazole rings is 1. The number of ether oxygens (including phenoxy) is 1. The van der Waals surface area contributed by atoms with Crippen LogP contribution in [0.25, 0.3) is 0 Å². The highest BCUT2D eigenvalue weighted by atomic mass is 32.1. The molecular weight excluding hydrogens is 294 g/mol. The second-order valence-corrected chi connectivity index (χ2v) is 5.30. The number of rotatable bonds is 8. The summed E-state index contributed by atoms with van der Waals surface area (Å²) in [5, 5.41) is 6.11. The van der Waals surface area contributed by atoms with Gasteiger partial charge in [-0.3, -0.25) is 9.59 Å². The van der Waals surface area contributed by atoms with Crippen molar-refractivity contribution in [2.75, 3.05) is 52.0 Å². The maximum absolute atomic E-state index is 12.2. The number of hydrogen-bond donors (Lipinski definition) is 3. The van der Waals surface area contributed by atoms with Crippen molar-refractivity contribution in [1.29, 1.82) is 0 Å². The Hall–Kier alpha value is -1.87. The van der Waals surface area contributed by atoms with E-state index in [-0.39, 0.29) is 24.1 Å². The molecule has 4 N–H and O–H groups in total. The number of methoxy groups -OCH3 is 1. The molecule has 0 unspecified atom stereocenters. The minimum Gasteiger partial charge on any atom is -0.383 e. The highest BCUT2D eigenvalue weighted by Crippen LogP contribution is 2.25. The minimum absolute atomic E-state index is 0.117. The standard InChI is InChI=1S/C12H21N5O3S/c1-14-8(18)4-6-17(2)11(19)9-10(13)16-12(21-9)15-5-7-20-3/h4-7,13H2,1-3H3,(H,14,18)(H,15,16). The Morgan fingerprint density at radius 1 is 1.48 bits per heavy atom. The van der Waals surface area contributed by atoms with Gasteiger partial charge in [0.25, 0.3) is 5.91 Å². The van der Waals surface area contributed by atoms with Crippen molar-refractivity contribution in [3.63, 3.8) is 0 Å². The van der Waals surface area contributed by atoms with Gasteiger partial charge in [-0.05, 0) is 0 Å². The number of amides is 2. The van der Waals surface area contributed by atoms with E-state index in [1.165, 1.54) is 16.2 Å². The van der Waals surface area contributed by atoms with Crippen LogP contribution < -0.4 is 16.4 Å². The number of nitrogens with zero attached hydrogens (tertiary/aromatic N) is 2. The van der Waals surface area contributed by atoms with Gasteiger partial charge in [-0.2, -0.15) is 0 Å². The van der Waals surface area contributed by atoms with Crippen LogP contribution in [-0.4, -0.2) is 62.6 Å². The SMILES string of the molecule is CNC(=O)CCN(C)C(=O)c1sc(NCCOC)nc1N. The zero-order valence-corrected chi connectivity index (χ0v) is 13.2. The summed E-state index contributed by atoms with van der Waals surface area (Å²) in [6.07, 6.45) is 0.246. The fourth-order valence-electron chi connectivity index (χ4n) is 1.49. The molecule has 0 spiro atoms. The molecule has 0 saturated heterocycles. The van der Waals surface area contributed by atoms with Crippen molar-refractivity contribution < 1.29 is 14.3 Å². The molecule has 0 fully saturated rings. The first kappa shape index (κ1) is 17.2. The summed E-state index contributed by atoms with van der Waals surface area (Å²) in [4.78, 5) is 29.4. The van der Waals surface area contributed by atoms with Gasteiger partial charge in [0, 0.05) is 40.7 Å². The van der Waals surface area contributed by atoms with Crippen LogP contribution in [0.3, 0.4) is 0 Å². The van der Waals surface area contributed by atoms with E-state index in [9.17, 15) is 9.59 Å². The second kappa shape index (κ2) is 8.42. The first-order chi connectivity index (χ1) is 9.99. The highest BCUT2D eigenvalue weighted by molar-refractivity contribution is 7.18. The first-order valence-electron chi connectivity index (χ1n) is 6.44. The van der Waals surface area contributed by atoms with E-state index >= 15 is 0 Å². The second-order valence-electron chi connectivity index (χ2n) is 4.30. The van der Waals surface area contributed by atoms with Crippen molar-refractivity contribution in [3.05, 3.63) is 4.88 Å². The van der Waals surface area contributed by atoms with Gasteiger partial charge in [-0.25, -0.2) is 4.98 Å². The van der Waals surface area contributed by atoms with Gasteiger partial charge < -0.3 is 26.0 Å². The molecule has 0 bridgehead atoms. The first-order valence-corrected chi connectivity index (χ1v) is 7.26. The lowest BCUT2D eigenvalue weighted by atomic mass is 10.3. The van der Waals surface area contributed by atoms with Crippen LogP contribution in [0.1, 0.15) is 16.1 Å². The topological polar surface area (TPSA) is 110 Å². The lowest BCUT2D eigenvalue weighted by Gasteiger charge is -2.15. The number of carbonyl (C=O) groups excluding carboxylic acids is 2. The van der Waals surface area contributed by atoms with Crippen LogP contribution >= 0.6 is 11.3 Å². The molecule has 9 heteroatoms. The molecule has 21 heavy (non-hydrogen) atoms. The Kier molecular flexibility index (Phi) is 6.89. The quantitative estimate of drug-likeness (QED) is 0.582. The monoisotopic (exact) mass is 315 g/mol. The molecule has 2 amide bonds. The predicted molar refractivity (Wildman–Crippen MR) is 82.5 cm³/mol. The third-order valence-electron chi connectivity index (χ3n) is 2.73. The molecule has 1 aromatic heterocycles. The molecular formula is C12H21N5O3S. The molecule has 0 saturated carbocycles. The summed E-state index contributed by atoms with van der Waals surface area (Å²) in [6, 6.07) is 0. The average molecular weight is 315 g/mol. The number of anilines is 2. The number of carbonyl (C=O) groups is 2. The summed E-state index contributed by atoms with van der Waals surface area (Å²) in [5.74, 6) is -0.167. The zero-order valence-electron chi connectivity index (χ0n) is 12.4. The smallest absolute Gasteiger partial charge is 0.267 e. The normalized spacial score (nSPS) is 10.2. The summed E-state index contributed by atoms with van der Waals surface area (Å²) in [6.45, 7) is 1.45. The molecule has 1 heterocycles. The Bertz CT molecular complexity index is 491. The van der Waals surface area contributed by atoms with Crippen molar-refractivity contribution in [2.45, 2.75) is 6.42 Å². The van der Waals surface area contributed by atoms with Gasteiger partial charge in [-0.15, -0.1) is 0 Å². The van der Waals surface area contributed by atoms with Crippen LogP contribution in [0.15, 0.2) is 0 Å². The fourth-order valence-corrected chi connectivity index (χ4v) is 2.39. The van der Waals surface area contributed by atoms with Gasteiger partial charge in [0.2, 0.25) is 5.91 Å². The molecule has 8 nitrogen and oxygen atoms in total. The van der Waals surface area contributed by atoms with Crippen molar-refractivity contribution >= 4 is 34.1 Å². The third kappa shape index (κ3) is 5.20. The van der Waals surface area contributed by atoms with E-state index < -0.39 is 0 Å². The molecule has 0 aliphatic heterocycles. The maximum atomic E-state index is 12.2. The summed E-state index contributed by atoms with van der Waals surface area (Å²) >= 11 is 1.19. The largest absolute Gasteiger partial charge is 0.383 e. The molecule has 0 aliphatic rings. The maximum Gasteiger partial charge on any atom is 0.267 e. The predicted octanol–water partition coefficient (Wildman–Crippen LogP) is -0.00830. The van der Waals surface area contributed by atoms with Gasteiger partial charge in [0.15, 0.2) is 5.13 Å². The lowest BCUT2D eigenvalue weighted by molar-refractivity contribution is -0.120. The van der Waals surface area contributed by atoms with E-state index in [0.29, 0.717) is 29.7 Å². The van der Waals surface area contributed by atoms with E-state index in [1.807, 2.05) is 0 Å². The Balaban J connectivity index is 2.62. The van der Waals surface area contributed by atoms with Gasteiger partial charge >= 0.3 is 0 Å². The number of hydrogen-bond acceptors (Lipinski definition) is 7. The van der Waals surface area contributed by atoms with Crippen LogP contribution in [0.5, 0.6) is 0 Å². The highest BCUT2D eigenvalue weighted by Gasteiger charge is 2.20. The van der Waals surface area contributed by atoms with Gasteiger partial charge in [-0.1, -0.05) is 11.3 Å². The van der Waals surface area contributed by atoms with Crippen LogP contribution in [0.2, 0.25) is 0 Å². The van der Waals surface area contributed by atoms with E-state index in [4.69, 9.17) is 10.5 Å². The molecule has 1 aromatic rings. The summed E-state index contributed by atoms with van der Waals surface area (Å²) in [5.41, 5.74) is 5.77. The molecule has 118 valence electrons. The van der Waals surface area contributed by atoms with Crippen LogP contribution in [0, 0.1) is 0 Å². The van der Waals surface area contributed by atoms with Crippen molar-refractivity contribution in [2.24, 2.45) is 0 Å². The molecule has 0 aliphatic carbocycles. The van der Waals surface area contributed by atoms with Crippen molar-refractivity contribution in [3.8, 4) is 0 Å². The number of nitrogens with one attached hydrogen (secondary N) is 2. The number of nitrogens with two attached hydrogens (primary N) is 1. The minimum atomic E-state index is -0.242. The molecule has 0 radical (unpaired) electrons. The summed E-state index contributed by atoms with van der Waals surface area (Å²) in [7, 11) is 4.79.